The largest absolute Gasteiger partial charge is 0.466 e. The number of carbonyl (C=O) groups excluding carboxylic acids is 1. The Kier molecular flexibility index (Phi) is 4.95. The highest BCUT2D eigenvalue weighted by Crippen LogP contribution is 2.22. The highest BCUT2D eigenvalue weighted by atomic mass is 16.5. The van der Waals surface area contributed by atoms with Gasteiger partial charge in [0.25, 0.3) is 0 Å². The molecule has 84 valence electrons. The molecule has 0 saturated carbocycles. The van der Waals surface area contributed by atoms with Crippen LogP contribution in [0.4, 0.5) is 0 Å². The number of nitrogens with one attached hydrogen (secondary N) is 1. The maximum absolute atomic E-state index is 11.5. The third-order valence-electron chi connectivity index (χ3n) is 2.61. The Bertz CT molecular complexity index is 269. The molecule has 0 spiro atoms. The van der Waals surface area contributed by atoms with Crippen LogP contribution in [0.15, 0.2) is 23.9 Å². The summed E-state index contributed by atoms with van der Waals surface area (Å²) < 4.78 is 4.79. The first-order valence-corrected chi connectivity index (χ1v) is 5.44. The van der Waals surface area contributed by atoms with Crippen molar-refractivity contribution in [3.8, 4) is 0 Å². The summed E-state index contributed by atoms with van der Waals surface area (Å²) in [5, 5.41) is 3.24. The Hall–Kier alpha value is -1.25. The SMILES string of the molecule is C=CCNC1=C(C(=O)OC)CCCCC1. The molecular formula is C12H19NO2. The van der Waals surface area contributed by atoms with E-state index in [1.165, 1.54) is 13.5 Å². The highest BCUT2D eigenvalue weighted by Gasteiger charge is 2.17. The van der Waals surface area contributed by atoms with Gasteiger partial charge < -0.3 is 10.1 Å². The van der Waals surface area contributed by atoms with E-state index < -0.39 is 0 Å². The number of hydrogen-bond donors (Lipinski definition) is 1. The number of methoxy groups -OCH3 is 1. The van der Waals surface area contributed by atoms with Crippen molar-refractivity contribution in [3.05, 3.63) is 23.9 Å². The van der Waals surface area contributed by atoms with Crippen LogP contribution in [-0.4, -0.2) is 19.6 Å². The van der Waals surface area contributed by atoms with E-state index in [4.69, 9.17) is 4.74 Å². The van der Waals surface area contributed by atoms with Gasteiger partial charge in [-0.2, -0.15) is 0 Å². The second-order valence-corrected chi connectivity index (χ2v) is 3.68. The molecule has 0 aromatic rings. The van der Waals surface area contributed by atoms with Crippen LogP contribution in [0.1, 0.15) is 32.1 Å². The van der Waals surface area contributed by atoms with Gasteiger partial charge in [-0.15, -0.1) is 6.58 Å². The number of allylic oxidation sites excluding steroid dienone is 1. The van der Waals surface area contributed by atoms with E-state index >= 15 is 0 Å². The monoisotopic (exact) mass is 209 g/mol. The van der Waals surface area contributed by atoms with Crippen LogP contribution in [0, 0.1) is 0 Å². The summed E-state index contributed by atoms with van der Waals surface area (Å²) in [6.45, 7) is 4.36. The predicted octanol–water partition coefficient (Wildman–Crippen LogP) is 2.15. The van der Waals surface area contributed by atoms with Gasteiger partial charge in [0.15, 0.2) is 0 Å². The van der Waals surface area contributed by atoms with Crippen LogP contribution in [0.3, 0.4) is 0 Å². The van der Waals surface area contributed by atoms with Crippen molar-refractivity contribution in [2.24, 2.45) is 0 Å². The summed E-state index contributed by atoms with van der Waals surface area (Å²) >= 11 is 0. The van der Waals surface area contributed by atoms with E-state index in [1.54, 1.807) is 6.08 Å². The normalized spacial score (nSPS) is 16.9. The molecule has 0 aromatic heterocycles. The van der Waals surface area contributed by atoms with Gasteiger partial charge in [0.1, 0.15) is 0 Å². The first-order valence-electron chi connectivity index (χ1n) is 5.44. The second-order valence-electron chi connectivity index (χ2n) is 3.68. The molecule has 1 aliphatic carbocycles. The molecular weight excluding hydrogens is 190 g/mol. The number of ether oxygens (including phenoxy) is 1. The molecule has 0 amide bonds. The Morgan fingerprint density at radius 3 is 2.87 bits per heavy atom. The molecule has 1 N–H and O–H groups in total. The van der Waals surface area contributed by atoms with Gasteiger partial charge in [0.2, 0.25) is 0 Å². The number of rotatable bonds is 4. The van der Waals surface area contributed by atoms with E-state index in [9.17, 15) is 4.79 Å². The highest BCUT2D eigenvalue weighted by molar-refractivity contribution is 5.89. The Balaban J connectivity index is 2.79. The molecule has 0 bridgehead atoms. The molecule has 15 heavy (non-hydrogen) atoms. The maximum Gasteiger partial charge on any atom is 0.335 e. The average molecular weight is 209 g/mol. The predicted molar refractivity (Wildman–Crippen MR) is 60.3 cm³/mol. The Labute approximate surface area is 91.2 Å². The summed E-state index contributed by atoms with van der Waals surface area (Å²) in [5.41, 5.74) is 1.86. The van der Waals surface area contributed by atoms with Gasteiger partial charge in [0, 0.05) is 12.2 Å². The first-order chi connectivity index (χ1) is 7.29. The topological polar surface area (TPSA) is 38.3 Å². The molecule has 0 fully saturated rings. The zero-order valence-corrected chi connectivity index (χ0v) is 9.34. The summed E-state index contributed by atoms with van der Waals surface area (Å²) in [5.74, 6) is -0.191. The number of hydrogen-bond acceptors (Lipinski definition) is 3. The fourth-order valence-corrected chi connectivity index (χ4v) is 1.82. The lowest BCUT2D eigenvalue weighted by Crippen LogP contribution is -2.18. The first kappa shape index (κ1) is 11.8. The van der Waals surface area contributed by atoms with E-state index in [1.807, 2.05) is 0 Å². The van der Waals surface area contributed by atoms with Gasteiger partial charge in [0.05, 0.1) is 12.7 Å². The molecule has 3 heteroatoms. The summed E-state index contributed by atoms with van der Waals surface area (Å²) in [6.07, 6.45) is 6.96. The lowest BCUT2D eigenvalue weighted by atomic mass is 10.1. The summed E-state index contributed by atoms with van der Waals surface area (Å²) in [7, 11) is 1.44. The van der Waals surface area contributed by atoms with Crippen molar-refractivity contribution in [1.82, 2.24) is 5.32 Å². The molecule has 0 saturated heterocycles. The molecule has 0 radical (unpaired) electrons. The lowest BCUT2D eigenvalue weighted by Gasteiger charge is -2.12. The molecule has 0 unspecified atom stereocenters. The van der Waals surface area contributed by atoms with Crippen LogP contribution >= 0.6 is 0 Å². The standard InChI is InChI=1S/C12H19NO2/c1-3-9-13-11-8-6-4-5-7-10(11)12(14)15-2/h3,13H,1,4-9H2,2H3. The van der Waals surface area contributed by atoms with E-state index in [2.05, 4.69) is 11.9 Å². The van der Waals surface area contributed by atoms with Crippen molar-refractivity contribution in [2.45, 2.75) is 32.1 Å². The third-order valence-corrected chi connectivity index (χ3v) is 2.61. The molecule has 0 aliphatic heterocycles. The van der Waals surface area contributed by atoms with Gasteiger partial charge in [-0.25, -0.2) is 4.79 Å². The van der Waals surface area contributed by atoms with Gasteiger partial charge >= 0.3 is 5.97 Å². The van der Waals surface area contributed by atoms with Gasteiger partial charge in [-0.3, -0.25) is 0 Å². The van der Waals surface area contributed by atoms with Gasteiger partial charge in [-0.1, -0.05) is 12.5 Å². The Morgan fingerprint density at radius 2 is 2.20 bits per heavy atom. The van der Waals surface area contributed by atoms with Gasteiger partial charge in [-0.05, 0) is 25.7 Å². The number of esters is 1. The van der Waals surface area contributed by atoms with E-state index in [0.717, 1.165) is 37.0 Å². The van der Waals surface area contributed by atoms with Crippen LogP contribution < -0.4 is 5.32 Å². The Morgan fingerprint density at radius 1 is 1.47 bits per heavy atom. The second kappa shape index (κ2) is 6.27. The third kappa shape index (κ3) is 3.42. The minimum atomic E-state index is -0.191. The summed E-state index contributed by atoms with van der Waals surface area (Å²) in [6, 6.07) is 0. The summed E-state index contributed by atoms with van der Waals surface area (Å²) in [4.78, 5) is 11.5. The molecule has 3 nitrogen and oxygen atoms in total. The molecule has 0 heterocycles. The van der Waals surface area contributed by atoms with Crippen molar-refractivity contribution in [3.63, 3.8) is 0 Å². The fraction of sp³-hybridized carbons (Fsp3) is 0.583. The van der Waals surface area contributed by atoms with Crippen LogP contribution in [0.2, 0.25) is 0 Å². The van der Waals surface area contributed by atoms with E-state index in [-0.39, 0.29) is 5.97 Å². The quantitative estimate of drug-likeness (QED) is 0.569. The lowest BCUT2D eigenvalue weighted by molar-refractivity contribution is -0.136. The molecule has 0 atom stereocenters. The smallest absolute Gasteiger partial charge is 0.335 e. The van der Waals surface area contributed by atoms with Crippen LogP contribution in [0.5, 0.6) is 0 Å². The zero-order chi connectivity index (χ0) is 11.1. The minimum absolute atomic E-state index is 0.191. The van der Waals surface area contributed by atoms with Crippen molar-refractivity contribution >= 4 is 5.97 Å². The average Bonchev–Trinajstić information content (AvgIpc) is 2.50. The van der Waals surface area contributed by atoms with Crippen LogP contribution in [0.25, 0.3) is 0 Å². The van der Waals surface area contributed by atoms with Crippen molar-refractivity contribution in [1.29, 1.82) is 0 Å². The number of carbonyl (C=O) groups is 1. The molecule has 0 aromatic carbocycles. The molecule has 1 aliphatic rings. The van der Waals surface area contributed by atoms with E-state index in [0.29, 0.717) is 6.54 Å². The zero-order valence-electron chi connectivity index (χ0n) is 9.34. The minimum Gasteiger partial charge on any atom is -0.466 e. The van der Waals surface area contributed by atoms with Crippen molar-refractivity contribution < 1.29 is 9.53 Å². The fourth-order valence-electron chi connectivity index (χ4n) is 1.82. The van der Waals surface area contributed by atoms with Crippen LogP contribution in [-0.2, 0) is 9.53 Å². The van der Waals surface area contributed by atoms with Crippen molar-refractivity contribution in [2.75, 3.05) is 13.7 Å². The molecule has 1 rings (SSSR count). The maximum atomic E-state index is 11.5.